The van der Waals surface area contributed by atoms with Crippen LogP contribution in [0, 0.1) is 0 Å². The largest absolute Gasteiger partial charge is 0.416 e. The summed E-state index contributed by atoms with van der Waals surface area (Å²) in [4.78, 5) is 15.8. The number of sulfonamides is 1. The molecule has 2 aliphatic heterocycles. The smallest absolute Gasteiger partial charge is 0.325 e. The first-order valence-corrected chi connectivity index (χ1v) is 10.3. The van der Waals surface area contributed by atoms with Gasteiger partial charge in [-0.15, -0.1) is 0 Å². The molecule has 2 saturated heterocycles. The number of carbonyl (C=O) groups is 1. The quantitative estimate of drug-likeness (QED) is 0.760. The molecule has 2 amide bonds. The fraction of sp³-hybridized carbons (Fsp3) is 0.588. The van der Waals surface area contributed by atoms with E-state index in [1.54, 1.807) is 9.80 Å². The SMILES string of the molecule is O=C(N1CCCCC1)N1CCN(S(=O)(=O)c2ccc(C(F)(F)F)cc2)CC1. The Morgan fingerprint density at radius 2 is 1.33 bits per heavy atom. The number of likely N-dealkylation sites (tertiary alicyclic amines) is 1. The van der Waals surface area contributed by atoms with E-state index in [1.807, 2.05) is 0 Å². The summed E-state index contributed by atoms with van der Waals surface area (Å²) < 4.78 is 64.5. The van der Waals surface area contributed by atoms with Crippen LogP contribution in [0.25, 0.3) is 0 Å². The summed E-state index contributed by atoms with van der Waals surface area (Å²) in [6.45, 7) is 2.25. The van der Waals surface area contributed by atoms with Crippen molar-refractivity contribution in [3.63, 3.8) is 0 Å². The summed E-state index contributed by atoms with van der Waals surface area (Å²) in [6, 6.07) is 3.42. The van der Waals surface area contributed by atoms with Crippen molar-refractivity contribution in [3.8, 4) is 0 Å². The summed E-state index contributed by atoms with van der Waals surface area (Å²) in [5.41, 5.74) is -0.890. The van der Waals surface area contributed by atoms with Crippen LogP contribution in [0.15, 0.2) is 29.2 Å². The Morgan fingerprint density at radius 1 is 0.815 bits per heavy atom. The van der Waals surface area contributed by atoms with Crippen molar-refractivity contribution in [2.75, 3.05) is 39.3 Å². The molecular formula is C17H22F3N3O3S. The van der Waals surface area contributed by atoms with Crippen molar-refractivity contribution in [3.05, 3.63) is 29.8 Å². The lowest BCUT2D eigenvalue weighted by Crippen LogP contribution is -2.54. The van der Waals surface area contributed by atoms with Crippen LogP contribution in [0.5, 0.6) is 0 Å². The molecule has 2 heterocycles. The minimum absolute atomic E-state index is 0.0683. The Bertz CT molecular complexity index is 767. The van der Waals surface area contributed by atoms with Gasteiger partial charge in [0, 0.05) is 39.3 Å². The molecule has 0 atom stereocenters. The molecule has 2 fully saturated rings. The van der Waals surface area contributed by atoms with Crippen LogP contribution in [0.1, 0.15) is 24.8 Å². The fourth-order valence-corrected chi connectivity index (χ4v) is 4.79. The zero-order valence-corrected chi connectivity index (χ0v) is 15.6. The second kappa shape index (κ2) is 7.67. The molecule has 0 spiro atoms. The van der Waals surface area contributed by atoms with E-state index in [1.165, 1.54) is 4.31 Å². The van der Waals surface area contributed by atoms with Gasteiger partial charge in [0.25, 0.3) is 0 Å². The van der Waals surface area contributed by atoms with Crippen molar-refractivity contribution in [2.24, 2.45) is 0 Å². The van der Waals surface area contributed by atoms with Crippen LogP contribution in [0.4, 0.5) is 18.0 Å². The van der Waals surface area contributed by atoms with Gasteiger partial charge in [-0.25, -0.2) is 13.2 Å². The third-order valence-electron chi connectivity index (χ3n) is 4.96. The Hall–Kier alpha value is -1.81. The number of carbonyl (C=O) groups excluding carboxylic acids is 1. The van der Waals surface area contributed by atoms with Crippen molar-refractivity contribution in [1.82, 2.24) is 14.1 Å². The number of urea groups is 1. The van der Waals surface area contributed by atoms with Gasteiger partial charge in [0.05, 0.1) is 10.5 Å². The van der Waals surface area contributed by atoms with E-state index in [0.29, 0.717) is 0 Å². The summed E-state index contributed by atoms with van der Waals surface area (Å²) in [6.07, 6.45) is -1.44. The number of alkyl halides is 3. The van der Waals surface area contributed by atoms with Crippen LogP contribution < -0.4 is 0 Å². The van der Waals surface area contributed by atoms with Gasteiger partial charge in [0.1, 0.15) is 0 Å². The molecule has 6 nitrogen and oxygen atoms in total. The maximum Gasteiger partial charge on any atom is 0.416 e. The van der Waals surface area contributed by atoms with Crippen LogP contribution >= 0.6 is 0 Å². The maximum absolute atomic E-state index is 12.7. The maximum atomic E-state index is 12.7. The van der Waals surface area contributed by atoms with Gasteiger partial charge in [-0.2, -0.15) is 17.5 Å². The van der Waals surface area contributed by atoms with Gasteiger partial charge < -0.3 is 9.80 Å². The first-order valence-electron chi connectivity index (χ1n) is 8.91. The third kappa shape index (κ3) is 4.37. The summed E-state index contributed by atoms with van der Waals surface area (Å²) in [5.74, 6) is 0. The molecule has 0 saturated carbocycles. The van der Waals surface area contributed by atoms with Crippen molar-refractivity contribution < 1.29 is 26.4 Å². The van der Waals surface area contributed by atoms with Gasteiger partial charge in [0.15, 0.2) is 0 Å². The van der Waals surface area contributed by atoms with Gasteiger partial charge in [0.2, 0.25) is 10.0 Å². The first kappa shape index (κ1) is 19.9. The normalized spacial score (nSPS) is 20.0. The third-order valence-corrected chi connectivity index (χ3v) is 6.87. The van der Waals surface area contributed by atoms with E-state index in [9.17, 15) is 26.4 Å². The molecular weight excluding hydrogens is 383 g/mol. The number of rotatable bonds is 2. The highest BCUT2D eigenvalue weighted by molar-refractivity contribution is 7.89. The molecule has 3 rings (SSSR count). The molecule has 0 aliphatic carbocycles. The molecule has 0 aromatic heterocycles. The number of benzene rings is 1. The Labute approximate surface area is 156 Å². The van der Waals surface area contributed by atoms with E-state index in [4.69, 9.17) is 0 Å². The van der Waals surface area contributed by atoms with Crippen LogP contribution in [0.2, 0.25) is 0 Å². The van der Waals surface area contributed by atoms with Gasteiger partial charge >= 0.3 is 12.2 Å². The van der Waals surface area contributed by atoms with Crippen LogP contribution in [-0.2, 0) is 16.2 Å². The molecule has 0 bridgehead atoms. The number of halogens is 3. The molecule has 0 radical (unpaired) electrons. The monoisotopic (exact) mass is 405 g/mol. The van der Waals surface area contributed by atoms with Crippen molar-refractivity contribution >= 4 is 16.1 Å². The van der Waals surface area contributed by atoms with E-state index in [2.05, 4.69) is 0 Å². The molecule has 0 unspecified atom stereocenters. The molecule has 0 N–H and O–H groups in total. The average Bonchev–Trinajstić information content (AvgIpc) is 2.67. The van der Waals surface area contributed by atoms with Crippen molar-refractivity contribution in [1.29, 1.82) is 0 Å². The number of piperidine rings is 1. The van der Waals surface area contributed by atoms with E-state index >= 15 is 0 Å². The lowest BCUT2D eigenvalue weighted by atomic mass is 10.1. The Balaban J connectivity index is 1.63. The van der Waals surface area contributed by atoms with E-state index in [-0.39, 0.29) is 37.1 Å². The highest BCUT2D eigenvalue weighted by Gasteiger charge is 2.34. The minimum atomic E-state index is -4.51. The van der Waals surface area contributed by atoms with Gasteiger partial charge in [-0.05, 0) is 43.5 Å². The van der Waals surface area contributed by atoms with Crippen LogP contribution in [0.3, 0.4) is 0 Å². The molecule has 2 aliphatic rings. The Morgan fingerprint density at radius 3 is 1.85 bits per heavy atom. The Kier molecular flexibility index (Phi) is 5.66. The highest BCUT2D eigenvalue weighted by atomic mass is 32.2. The molecule has 27 heavy (non-hydrogen) atoms. The number of hydrogen-bond donors (Lipinski definition) is 0. The van der Waals surface area contributed by atoms with Gasteiger partial charge in [-0.3, -0.25) is 0 Å². The number of hydrogen-bond acceptors (Lipinski definition) is 3. The second-order valence-corrected chi connectivity index (χ2v) is 8.68. The van der Waals surface area contributed by atoms with E-state index < -0.39 is 21.8 Å². The standard InChI is InChI=1S/C17H22F3N3O3S/c18-17(19,20)14-4-6-15(7-5-14)27(25,26)23-12-10-22(11-13-23)16(24)21-8-2-1-3-9-21/h4-7H,1-3,8-13H2. The predicted molar refractivity (Wildman–Crippen MR) is 92.6 cm³/mol. The second-order valence-electron chi connectivity index (χ2n) is 6.74. The van der Waals surface area contributed by atoms with Crippen LogP contribution in [-0.4, -0.2) is 67.8 Å². The van der Waals surface area contributed by atoms with Gasteiger partial charge in [-0.1, -0.05) is 0 Å². The lowest BCUT2D eigenvalue weighted by molar-refractivity contribution is -0.137. The lowest BCUT2D eigenvalue weighted by Gasteiger charge is -2.38. The summed E-state index contributed by atoms with van der Waals surface area (Å²) in [5, 5.41) is 0. The summed E-state index contributed by atoms with van der Waals surface area (Å²) >= 11 is 0. The van der Waals surface area contributed by atoms with Crippen molar-refractivity contribution in [2.45, 2.75) is 30.3 Å². The molecule has 10 heteroatoms. The molecule has 150 valence electrons. The minimum Gasteiger partial charge on any atom is -0.325 e. The molecule has 1 aromatic rings. The molecule has 1 aromatic carbocycles. The highest BCUT2D eigenvalue weighted by Crippen LogP contribution is 2.30. The van der Waals surface area contributed by atoms with E-state index in [0.717, 1.165) is 56.6 Å². The zero-order chi connectivity index (χ0) is 19.7. The number of nitrogens with zero attached hydrogens (tertiary/aromatic N) is 3. The summed E-state index contributed by atoms with van der Waals surface area (Å²) in [7, 11) is -3.88. The zero-order valence-electron chi connectivity index (χ0n) is 14.8. The predicted octanol–water partition coefficient (Wildman–Crippen LogP) is 2.62. The number of piperazine rings is 1. The fourth-order valence-electron chi connectivity index (χ4n) is 3.37. The topological polar surface area (TPSA) is 60.9 Å². The first-order chi connectivity index (χ1) is 12.7. The number of amides is 2. The average molecular weight is 405 g/mol.